The molecule has 10 heteroatoms. The SMILES string of the molecule is CCCc1nc2ccccc2c(C(=O)OCC(=O)Nc2cc(S(=O)(=O)N(C)C)ccc2Cl)c1CC. The van der Waals surface area contributed by atoms with Gasteiger partial charge in [-0.15, -0.1) is 0 Å². The number of ether oxygens (including phenoxy) is 1. The molecule has 8 nitrogen and oxygen atoms in total. The summed E-state index contributed by atoms with van der Waals surface area (Å²) in [4.78, 5) is 30.4. The van der Waals surface area contributed by atoms with Crippen LogP contribution < -0.4 is 5.32 Å². The third-order valence-electron chi connectivity index (χ3n) is 5.45. The first kappa shape index (κ1) is 26.6. The van der Waals surface area contributed by atoms with Crippen molar-refractivity contribution in [1.29, 1.82) is 0 Å². The summed E-state index contributed by atoms with van der Waals surface area (Å²) >= 11 is 6.14. The first-order chi connectivity index (χ1) is 16.6. The van der Waals surface area contributed by atoms with Crippen LogP contribution in [-0.4, -0.2) is 50.3 Å². The molecule has 1 aromatic heterocycles. The van der Waals surface area contributed by atoms with Crippen LogP contribution in [0.5, 0.6) is 0 Å². The predicted molar refractivity (Wildman–Crippen MR) is 136 cm³/mol. The Labute approximate surface area is 210 Å². The summed E-state index contributed by atoms with van der Waals surface area (Å²) in [6.45, 7) is 3.43. The van der Waals surface area contributed by atoms with E-state index in [1.165, 1.54) is 32.3 Å². The molecule has 0 aliphatic rings. The van der Waals surface area contributed by atoms with Crippen molar-refractivity contribution in [1.82, 2.24) is 9.29 Å². The highest BCUT2D eigenvalue weighted by molar-refractivity contribution is 7.89. The number of aryl methyl sites for hydroxylation is 1. The number of halogens is 1. The molecule has 35 heavy (non-hydrogen) atoms. The van der Waals surface area contributed by atoms with Crippen LogP contribution in [0, 0.1) is 0 Å². The van der Waals surface area contributed by atoms with E-state index in [0.29, 0.717) is 22.9 Å². The molecule has 0 fully saturated rings. The van der Waals surface area contributed by atoms with Gasteiger partial charge < -0.3 is 10.1 Å². The number of sulfonamides is 1. The van der Waals surface area contributed by atoms with Crippen LogP contribution in [-0.2, 0) is 32.4 Å². The first-order valence-corrected chi connectivity index (χ1v) is 13.0. The van der Waals surface area contributed by atoms with Crippen molar-refractivity contribution in [3.05, 3.63) is 64.3 Å². The lowest BCUT2D eigenvalue weighted by atomic mass is 9.96. The van der Waals surface area contributed by atoms with E-state index in [-0.39, 0.29) is 15.6 Å². The van der Waals surface area contributed by atoms with Crippen molar-refractivity contribution >= 4 is 50.1 Å². The van der Waals surface area contributed by atoms with Crippen molar-refractivity contribution in [3.63, 3.8) is 0 Å². The summed E-state index contributed by atoms with van der Waals surface area (Å²) in [5.74, 6) is -1.27. The largest absolute Gasteiger partial charge is 0.452 e. The number of nitrogens with zero attached hydrogens (tertiary/aromatic N) is 2. The van der Waals surface area contributed by atoms with E-state index in [1.807, 2.05) is 38.1 Å². The fraction of sp³-hybridized carbons (Fsp3) is 0.320. The van der Waals surface area contributed by atoms with Crippen LogP contribution in [0.15, 0.2) is 47.4 Å². The minimum absolute atomic E-state index is 0.0292. The van der Waals surface area contributed by atoms with E-state index in [1.54, 1.807) is 0 Å². The van der Waals surface area contributed by atoms with Gasteiger partial charge in [-0.2, -0.15) is 0 Å². The molecule has 0 atom stereocenters. The zero-order valence-electron chi connectivity index (χ0n) is 20.1. The molecule has 1 heterocycles. The lowest BCUT2D eigenvalue weighted by Crippen LogP contribution is -2.24. The number of benzene rings is 2. The fourth-order valence-electron chi connectivity index (χ4n) is 3.72. The maximum Gasteiger partial charge on any atom is 0.339 e. The van der Waals surface area contributed by atoms with E-state index in [9.17, 15) is 18.0 Å². The third kappa shape index (κ3) is 5.80. The average Bonchev–Trinajstić information content (AvgIpc) is 2.83. The molecular weight excluding hydrogens is 490 g/mol. The molecule has 2 aromatic carbocycles. The number of hydrogen-bond acceptors (Lipinski definition) is 6. The Morgan fingerprint density at radius 3 is 2.49 bits per heavy atom. The molecule has 0 bridgehead atoms. The molecule has 0 aliphatic carbocycles. The molecule has 0 aliphatic heterocycles. The number of nitrogens with one attached hydrogen (secondary N) is 1. The summed E-state index contributed by atoms with van der Waals surface area (Å²) in [5.41, 5.74) is 2.85. The number of amides is 1. The molecule has 1 amide bonds. The predicted octanol–water partition coefficient (Wildman–Crippen LogP) is 4.45. The number of fused-ring (bicyclic) bond motifs is 1. The number of aromatic nitrogens is 1. The van der Waals surface area contributed by atoms with E-state index in [2.05, 4.69) is 5.32 Å². The lowest BCUT2D eigenvalue weighted by Gasteiger charge is -2.16. The van der Waals surface area contributed by atoms with Crippen LogP contribution in [0.25, 0.3) is 10.9 Å². The maximum atomic E-state index is 13.1. The van der Waals surface area contributed by atoms with Gasteiger partial charge in [0.05, 0.1) is 26.7 Å². The highest BCUT2D eigenvalue weighted by Gasteiger charge is 2.22. The van der Waals surface area contributed by atoms with Gasteiger partial charge in [-0.25, -0.2) is 17.5 Å². The second kappa shape index (κ2) is 11.2. The molecule has 0 radical (unpaired) electrons. The van der Waals surface area contributed by atoms with E-state index >= 15 is 0 Å². The molecule has 0 spiro atoms. The summed E-state index contributed by atoms with van der Waals surface area (Å²) in [7, 11) is -0.912. The van der Waals surface area contributed by atoms with Crippen molar-refractivity contribution in [2.45, 2.75) is 38.0 Å². The van der Waals surface area contributed by atoms with Crippen LogP contribution >= 0.6 is 11.6 Å². The normalized spacial score (nSPS) is 11.6. The van der Waals surface area contributed by atoms with Crippen molar-refractivity contribution < 1.29 is 22.7 Å². The molecule has 3 aromatic rings. The third-order valence-corrected chi connectivity index (χ3v) is 7.59. The highest BCUT2D eigenvalue weighted by Crippen LogP contribution is 2.28. The number of hydrogen-bond donors (Lipinski definition) is 1. The number of carbonyl (C=O) groups is 2. The number of carbonyl (C=O) groups excluding carboxylic acids is 2. The number of rotatable bonds is 9. The van der Waals surface area contributed by atoms with Crippen molar-refractivity contribution in [2.24, 2.45) is 0 Å². The Morgan fingerprint density at radius 2 is 1.83 bits per heavy atom. The quantitative estimate of drug-likeness (QED) is 0.420. The minimum Gasteiger partial charge on any atom is -0.452 e. The average molecular weight is 518 g/mol. The van der Waals surface area contributed by atoms with Crippen LogP contribution in [0.3, 0.4) is 0 Å². The molecule has 0 saturated carbocycles. The molecule has 186 valence electrons. The smallest absolute Gasteiger partial charge is 0.339 e. The van der Waals surface area contributed by atoms with Crippen molar-refractivity contribution in [2.75, 3.05) is 26.0 Å². The standard InChI is InChI=1S/C25H28ClN3O5S/c1-5-9-20-17(6-2)24(18-10-7-8-11-21(18)27-20)25(31)34-15-23(30)28-22-14-16(12-13-19(22)26)35(32,33)29(3)4/h7-8,10-14H,5-6,9,15H2,1-4H3,(H,28,30). The summed E-state index contributed by atoms with van der Waals surface area (Å²) < 4.78 is 31.2. The van der Waals surface area contributed by atoms with E-state index in [4.69, 9.17) is 21.3 Å². The van der Waals surface area contributed by atoms with Gasteiger partial charge in [-0.3, -0.25) is 9.78 Å². The molecule has 1 N–H and O–H groups in total. The topological polar surface area (TPSA) is 106 Å². The second-order valence-electron chi connectivity index (χ2n) is 8.09. The van der Waals surface area contributed by atoms with Gasteiger partial charge >= 0.3 is 5.97 Å². The van der Waals surface area contributed by atoms with Gasteiger partial charge in [0.1, 0.15) is 0 Å². The zero-order valence-corrected chi connectivity index (χ0v) is 21.7. The van der Waals surface area contributed by atoms with Gasteiger partial charge in [-0.05, 0) is 42.7 Å². The number of anilines is 1. The second-order valence-corrected chi connectivity index (χ2v) is 10.6. The summed E-state index contributed by atoms with van der Waals surface area (Å²) in [6, 6.07) is 11.3. The van der Waals surface area contributed by atoms with E-state index in [0.717, 1.165) is 28.4 Å². The van der Waals surface area contributed by atoms with Gasteiger partial charge in [0, 0.05) is 25.2 Å². The van der Waals surface area contributed by atoms with Crippen molar-refractivity contribution in [3.8, 4) is 0 Å². The van der Waals surface area contributed by atoms with Gasteiger partial charge in [0.2, 0.25) is 10.0 Å². The number of pyridine rings is 1. The van der Waals surface area contributed by atoms with Crippen LogP contribution in [0.1, 0.15) is 41.9 Å². The van der Waals surface area contributed by atoms with Gasteiger partial charge in [-0.1, -0.05) is 50.1 Å². The monoisotopic (exact) mass is 517 g/mol. The Kier molecular flexibility index (Phi) is 8.47. The Hall–Kier alpha value is -3.01. The minimum atomic E-state index is -3.72. The summed E-state index contributed by atoms with van der Waals surface area (Å²) in [5, 5.41) is 3.34. The zero-order chi connectivity index (χ0) is 25.8. The molecule has 0 unspecified atom stereocenters. The van der Waals surface area contributed by atoms with Crippen LogP contribution in [0.4, 0.5) is 5.69 Å². The van der Waals surface area contributed by atoms with Gasteiger partial charge in [0.25, 0.3) is 5.91 Å². The Bertz CT molecular complexity index is 1370. The summed E-state index contributed by atoms with van der Waals surface area (Å²) in [6.07, 6.45) is 2.19. The lowest BCUT2D eigenvalue weighted by molar-refractivity contribution is -0.119. The maximum absolute atomic E-state index is 13.1. The Morgan fingerprint density at radius 1 is 1.11 bits per heavy atom. The van der Waals surface area contributed by atoms with Gasteiger partial charge in [0.15, 0.2) is 6.61 Å². The molecule has 0 saturated heterocycles. The number of para-hydroxylation sites is 1. The number of esters is 1. The highest BCUT2D eigenvalue weighted by atomic mass is 35.5. The molecular formula is C25H28ClN3O5S. The van der Waals surface area contributed by atoms with Crippen LogP contribution in [0.2, 0.25) is 5.02 Å². The fourth-order valence-corrected chi connectivity index (χ4v) is 4.81. The molecule has 3 rings (SSSR count). The van der Waals surface area contributed by atoms with E-state index < -0.39 is 28.5 Å². The first-order valence-electron chi connectivity index (χ1n) is 11.2. The Balaban J connectivity index is 1.83.